The maximum absolute atomic E-state index is 13.6. The summed E-state index contributed by atoms with van der Waals surface area (Å²) in [4.78, 5) is 81.9. The van der Waals surface area contributed by atoms with Gasteiger partial charge in [0.2, 0.25) is 17.7 Å². The van der Waals surface area contributed by atoms with E-state index in [1.165, 1.54) is 30.3 Å². The number of nitrogens with one attached hydrogen (secondary N) is 3. The molecule has 13 heteroatoms. The molecule has 0 aliphatic carbocycles. The fourth-order valence-corrected chi connectivity index (χ4v) is 4.52. The lowest BCUT2D eigenvalue weighted by Gasteiger charge is -2.32. The number of carbonyl (C=O) groups excluding carboxylic acids is 5. The molecular weight excluding hydrogens is 568 g/mol. The standard InChI is InChI=1S/C31H42N6O7/c1-18(2)15-22(17-38)37(21-9-8-14-33-16-21)31(44)20(5)34-29(42)25(12-13-26(39)40)35-30(43)27(19(3)4)36-28(41)23-10-6-7-11-24(23)32/h6-11,14,16-20,22,25,27H,12-13,15,32H2,1-5H3,(H,34,42)(H,35,43)(H,36,41)(H,39,40)/t20-,22-,25-,27-/m0/s1. The minimum atomic E-state index is -1.35. The molecule has 1 aromatic heterocycles. The van der Waals surface area contributed by atoms with Gasteiger partial charge >= 0.3 is 5.97 Å². The maximum atomic E-state index is 13.6. The van der Waals surface area contributed by atoms with Gasteiger partial charge in [-0.15, -0.1) is 0 Å². The Hall–Kier alpha value is -4.81. The van der Waals surface area contributed by atoms with Gasteiger partial charge in [0.25, 0.3) is 5.91 Å². The summed E-state index contributed by atoms with van der Waals surface area (Å²) in [6.07, 6.45) is 3.24. The summed E-state index contributed by atoms with van der Waals surface area (Å²) in [5.41, 5.74) is 6.64. The van der Waals surface area contributed by atoms with Gasteiger partial charge in [0.05, 0.1) is 23.5 Å². The van der Waals surface area contributed by atoms with Gasteiger partial charge in [-0.05, 0) is 55.9 Å². The SMILES string of the molecule is CC(C)C[C@@H](C=O)N(C(=O)[C@H](C)NC(=O)[C@H](CCC(=O)O)NC(=O)[C@@H](NC(=O)c1ccccc1N)C(C)C)c1cccnc1. The number of para-hydroxylation sites is 1. The summed E-state index contributed by atoms with van der Waals surface area (Å²) in [5, 5.41) is 17.0. The summed E-state index contributed by atoms with van der Waals surface area (Å²) < 4.78 is 0. The third-order valence-corrected chi connectivity index (χ3v) is 6.81. The molecule has 0 fully saturated rings. The first-order valence-electron chi connectivity index (χ1n) is 14.4. The van der Waals surface area contributed by atoms with Crippen LogP contribution in [-0.4, -0.2) is 70.1 Å². The number of rotatable bonds is 16. The van der Waals surface area contributed by atoms with Crippen LogP contribution in [0.3, 0.4) is 0 Å². The first-order chi connectivity index (χ1) is 20.8. The van der Waals surface area contributed by atoms with Crippen LogP contribution in [-0.2, 0) is 24.0 Å². The van der Waals surface area contributed by atoms with E-state index in [9.17, 15) is 33.9 Å². The number of amides is 4. The average Bonchev–Trinajstić information content (AvgIpc) is 2.97. The number of hydrogen-bond acceptors (Lipinski definition) is 8. The van der Waals surface area contributed by atoms with Crippen LogP contribution in [0.5, 0.6) is 0 Å². The highest BCUT2D eigenvalue weighted by Crippen LogP contribution is 2.21. The van der Waals surface area contributed by atoms with E-state index in [4.69, 9.17) is 5.73 Å². The van der Waals surface area contributed by atoms with Crippen molar-refractivity contribution < 1.29 is 33.9 Å². The van der Waals surface area contributed by atoms with E-state index < -0.39 is 66.1 Å². The molecule has 0 radical (unpaired) electrons. The number of carboxylic acids is 1. The van der Waals surface area contributed by atoms with Crippen LogP contribution in [0.4, 0.5) is 11.4 Å². The zero-order valence-corrected chi connectivity index (χ0v) is 25.7. The van der Waals surface area contributed by atoms with E-state index >= 15 is 0 Å². The van der Waals surface area contributed by atoms with Crippen molar-refractivity contribution in [3.05, 3.63) is 54.4 Å². The summed E-state index contributed by atoms with van der Waals surface area (Å²) in [6, 6.07) is 5.14. The highest BCUT2D eigenvalue weighted by atomic mass is 16.4. The Labute approximate surface area is 257 Å². The first kappa shape index (κ1) is 35.4. The van der Waals surface area contributed by atoms with Gasteiger partial charge in [0.15, 0.2) is 0 Å². The summed E-state index contributed by atoms with van der Waals surface area (Å²) in [5.74, 6) is -4.25. The lowest BCUT2D eigenvalue weighted by Crippen LogP contribution is -2.58. The third-order valence-electron chi connectivity index (χ3n) is 6.81. The van der Waals surface area contributed by atoms with Crippen molar-refractivity contribution in [3.63, 3.8) is 0 Å². The van der Waals surface area contributed by atoms with Crippen molar-refractivity contribution in [2.24, 2.45) is 11.8 Å². The van der Waals surface area contributed by atoms with E-state index in [-0.39, 0.29) is 23.6 Å². The maximum Gasteiger partial charge on any atom is 0.303 e. The van der Waals surface area contributed by atoms with Gasteiger partial charge in [0, 0.05) is 18.3 Å². The Balaban J connectivity index is 2.27. The van der Waals surface area contributed by atoms with Crippen molar-refractivity contribution in [1.29, 1.82) is 0 Å². The van der Waals surface area contributed by atoms with E-state index in [0.29, 0.717) is 18.4 Å². The fraction of sp³-hybridized carbons (Fsp3) is 0.452. The zero-order valence-electron chi connectivity index (χ0n) is 25.7. The molecule has 0 aliphatic heterocycles. The van der Waals surface area contributed by atoms with Crippen LogP contribution >= 0.6 is 0 Å². The topological polar surface area (TPSA) is 201 Å². The highest BCUT2D eigenvalue weighted by molar-refractivity contribution is 6.03. The monoisotopic (exact) mass is 610 g/mol. The van der Waals surface area contributed by atoms with Gasteiger partial charge in [-0.1, -0.05) is 39.8 Å². The number of nitrogens with zero attached hydrogens (tertiary/aromatic N) is 2. The predicted octanol–water partition coefficient (Wildman–Crippen LogP) is 1.92. The molecule has 13 nitrogen and oxygen atoms in total. The molecule has 0 bridgehead atoms. The Morgan fingerprint density at radius 3 is 2.18 bits per heavy atom. The minimum Gasteiger partial charge on any atom is -0.481 e. The van der Waals surface area contributed by atoms with Crippen molar-refractivity contribution in [1.82, 2.24) is 20.9 Å². The van der Waals surface area contributed by atoms with Crippen LogP contribution in [0, 0.1) is 11.8 Å². The number of hydrogen-bond donors (Lipinski definition) is 5. The summed E-state index contributed by atoms with van der Waals surface area (Å²) in [7, 11) is 0. The highest BCUT2D eigenvalue weighted by Gasteiger charge is 2.34. The minimum absolute atomic E-state index is 0.0745. The first-order valence-corrected chi connectivity index (χ1v) is 14.4. The second-order valence-corrected chi connectivity index (χ2v) is 11.3. The van der Waals surface area contributed by atoms with E-state index in [2.05, 4.69) is 20.9 Å². The molecule has 4 amide bonds. The molecule has 0 spiro atoms. The van der Waals surface area contributed by atoms with Gasteiger partial charge in [0.1, 0.15) is 24.4 Å². The molecular formula is C31H42N6O7. The van der Waals surface area contributed by atoms with Gasteiger partial charge in [-0.2, -0.15) is 0 Å². The van der Waals surface area contributed by atoms with Gasteiger partial charge < -0.3 is 31.6 Å². The Bertz CT molecular complexity index is 1320. The largest absolute Gasteiger partial charge is 0.481 e. The molecule has 6 N–H and O–H groups in total. The van der Waals surface area contributed by atoms with E-state index in [1.807, 2.05) is 13.8 Å². The molecule has 2 rings (SSSR count). The molecule has 4 atom stereocenters. The quantitative estimate of drug-likeness (QED) is 0.139. The molecule has 0 saturated carbocycles. The predicted molar refractivity (Wildman–Crippen MR) is 164 cm³/mol. The van der Waals surface area contributed by atoms with Crippen molar-refractivity contribution in [2.45, 2.75) is 78.0 Å². The van der Waals surface area contributed by atoms with Gasteiger partial charge in [-0.3, -0.25) is 33.9 Å². The second kappa shape index (κ2) is 16.7. The van der Waals surface area contributed by atoms with Crippen LogP contribution in [0.2, 0.25) is 0 Å². The molecule has 1 aromatic carbocycles. The van der Waals surface area contributed by atoms with Gasteiger partial charge in [-0.25, -0.2) is 0 Å². The molecule has 238 valence electrons. The summed E-state index contributed by atoms with van der Waals surface area (Å²) >= 11 is 0. The zero-order chi connectivity index (χ0) is 33.0. The number of pyridine rings is 1. The molecule has 1 heterocycles. The number of anilines is 2. The number of carboxylic acid groups (broad SMARTS) is 1. The molecule has 0 unspecified atom stereocenters. The molecule has 0 aliphatic rings. The van der Waals surface area contributed by atoms with Crippen LogP contribution in [0.25, 0.3) is 0 Å². The van der Waals surface area contributed by atoms with Crippen LogP contribution in [0.1, 0.15) is 64.2 Å². The number of nitrogen functional groups attached to an aromatic ring is 1. The molecule has 2 aromatic rings. The third kappa shape index (κ3) is 10.2. The second-order valence-electron chi connectivity index (χ2n) is 11.3. The number of aldehydes is 1. The van der Waals surface area contributed by atoms with E-state index in [1.54, 1.807) is 44.2 Å². The van der Waals surface area contributed by atoms with Crippen LogP contribution < -0.4 is 26.6 Å². The lowest BCUT2D eigenvalue weighted by molar-refractivity contribution is -0.138. The normalized spacial score (nSPS) is 13.7. The summed E-state index contributed by atoms with van der Waals surface area (Å²) in [6.45, 7) is 8.63. The molecule has 44 heavy (non-hydrogen) atoms. The molecule has 0 saturated heterocycles. The van der Waals surface area contributed by atoms with Crippen molar-refractivity contribution in [3.8, 4) is 0 Å². The van der Waals surface area contributed by atoms with E-state index in [0.717, 1.165) is 0 Å². The van der Waals surface area contributed by atoms with Crippen molar-refractivity contribution in [2.75, 3.05) is 10.6 Å². The lowest BCUT2D eigenvalue weighted by atomic mass is 10.0. The smallest absolute Gasteiger partial charge is 0.303 e. The number of benzene rings is 1. The number of aromatic nitrogens is 1. The fourth-order valence-electron chi connectivity index (χ4n) is 4.52. The average molecular weight is 611 g/mol. The Morgan fingerprint density at radius 2 is 1.64 bits per heavy atom. The number of aliphatic carboxylic acids is 1. The number of nitrogens with two attached hydrogens (primary N) is 1. The van der Waals surface area contributed by atoms with Crippen molar-refractivity contribution >= 4 is 47.3 Å². The Morgan fingerprint density at radius 1 is 0.955 bits per heavy atom. The number of carbonyl (C=O) groups is 6. The Kier molecular flexibility index (Phi) is 13.5. The van der Waals surface area contributed by atoms with Crippen LogP contribution in [0.15, 0.2) is 48.8 Å².